The lowest BCUT2D eigenvalue weighted by atomic mass is 10.1. The molecule has 106 valence electrons. The van der Waals surface area contributed by atoms with E-state index in [-0.39, 0.29) is 12.3 Å². The summed E-state index contributed by atoms with van der Waals surface area (Å²) in [7, 11) is 1.31. The Morgan fingerprint density at radius 1 is 1.35 bits per heavy atom. The minimum absolute atomic E-state index is 0.0445. The fourth-order valence-electron chi connectivity index (χ4n) is 1.76. The van der Waals surface area contributed by atoms with Crippen LogP contribution < -0.4 is 0 Å². The van der Waals surface area contributed by atoms with E-state index in [1.165, 1.54) is 7.11 Å². The lowest BCUT2D eigenvalue weighted by molar-refractivity contribution is -0.140. The van der Waals surface area contributed by atoms with E-state index in [1.807, 2.05) is 37.3 Å². The van der Waals surface area contributed by atoms with Gasteiger partial charge in [0.2, 0.25) is 11.7 Å². The molecule has 20 heavy (non-hydrogen) atoms. The van der Waals surface area contributed by atoms with Gasteiger partial charge in [-0.05, 0) is 12.5 Å². The predicted octanol–water partition coefficient (Wildman–Crippen LogP) is 1.91. The van der Waals surface area contributed by atoms with E-state index >= 15 is 0 Å². The van der Waals surface area contributed by atoms with Gasteiger partial charge in [0.05, 0.1) is 7.11 Å². The molecule has 6 heteroatoms. The molecule has 2 rings (SSSR count). The lowest BCUT2D eigenvalue weighted by Gasteiger charge is -2.13. The molecule has 0 spiro atoms. The Bertz CT molecular complexity index is 553. The number of rotatable bonds is 6. The number of aromatic nitrogens is 2. The number of methoxy groups -OCH3 is 1. The Morgan fingerprint density at radius 3 is 2.75 bits per heavy atom. The van der Waals surface area contributed by atoms with Gasteiger partial charge in [0.25, 0.3) is 0 Å². The van der Waals surface area contributed by atoms with Crippen LogP contribution in [-0.2, 0) is 20.7 Å². The summed E-state index contributed by atoms with van der Waals surface area (Å²) in [4.78, 5) is 15.4. The van der Waals surface area contributed by atoms with Crippen molar-refractivity contribution in [3.63, 3.8) is 0 Å². The zero-order chi connectivity index (χ0) is 14.4. The lowest BCUT2D eigenvalue weighted by Crippen LogP contribution is -2.09. The number of carbonyl (C=O) groups is 1. The Kier molecular flexibility index (Phi) is 4.84. The summed E-state index contributed by atoms with van der Waals surface area (Å²) in [5.74, 6) is 0.192. The molecule has 0 radical (unpaired) electrons. The number of esters is 1. The van der Waals surface area contributed by atoms with Gasteiger partial charge in [0.1, 0.15) is 12.5 Å². The topological polar surface area (TPSA) is 74.5 Å². The van der Waals surface area contributed by atoms with Crippen LogP contribution in [0.15, 0.2) is 34.9 Å². The summed E-state index contributed by atoms with van der Waals surface area (Å²) >= 11 is 0. The molecule has 1 atom stereocenters. The molecule has 1 heterocycles. The van der Waals surface area contributed by atoms with Crippen molar-refractivity contribution in [3.05, 3.63) is 47.6 Å². The van der Waals surface area contributed by atoms with E-state index in [0.717, 1.165) is 5.56 Å². The Hall–Kier alpha value is -2.21. The number of nitrogens with zero attached hydrogens (tertiary/aromatic N) is 2. The van der Waals surface area contributed by atoms with Crippen molar-refractivity contribution < 1.29 is 18.8 Å². The molecule has 0 fully saturated rings. The van der Waals surface area contributed by atoms with Crippen LogP contribution in [0.1, 0.15) is 30.3 Å². The van der Waals surface area contributed by atoms with E-state index in [0.29, 0.717) is 12.4 Å². The van der Waals surface area contributed by atoms with Crippen LogP contribution in [0.3, 0.4) is 0 Å². The SMILES string of the molecule is CCOC(c1ccccc1)c1noc(CC(=O)OC)n1. The van der Waals surface area contributed by atoms with E-state index in [1.54, 1.807) is 0 Å². The first kappa shape index (κ1) is 14.2. The average molecular weight is 276 g/mol. The maximum absolute atomic E-state index is 11.2. The van der Waals surface area contributed by atoms with Crippen LogP contribution in [0, 0.1) is 0 Å². The second kappa shape index (κ2) is 6.81. The minimum Gasteiger partial charge on any atom is -0.469 e. The number of hydrogen-bond donors (Lipinski definition) is 0. The zero-order valence-electron chi connectivity index (χ0n) is 11.4. The third-order valence-corrected chi connectivity index (χ3v) is 2.68. The summed E-state index contributed by atoms with van der Waals surface area (Å²) < 4.78 is 15.3. The highest BCUT2D eigenvalue weighted by Crippen LogP contribution is 2.23. The first-order valence-corrected chi connectivity index (χ1v) is 6.30. The fraction of sp³-hybridized carbons (Fsp3) is 0.357. The smallest absolute Gasteiger partial charge is 0.315 e. The van der Waals surface area contributed by atoms with Crippen LogP contribution in [0.2, 0.25) is 0 Å². The monoisotopic (exact) mass is 276 g/mol. The van der Waals surface area contributed by atoms with Crippen molar-refractivity contribution >= 4 is 5.97 Å². The second-order valence-corrected chi connectivity index (χ2v) is 4.05. The van der Waals surface area contributed by atoms with Crippen molar-refractivity contribution in [1.29, 1.82) is 0 Å². The van der Waals surface area contributed by atoms with Crippen molar-refractivity contribution in [2.24, 2.45) is 0 Å². The van der Waals surface area contributed by atoms with E-state index < -0.39 is 12.1 Å². The maximum Gasteiger partial charge on any atom is 0.315 e. The number of hydrogen-bond acceptors (Lipinski definition) is 6. The fourth-order valence-corrected chi connectivity index (χ4v) is 1.76. The van der Waals surface area contributed by atoms with Crippen molar-refractivity contribution in [1.82, 2.24) is 10.1 Å². The summed E-state index contributed by atoms with van der Waals surface area (Å²) in [6.07, 6.45) is -0.451. The van der Waals surface area contributed by atoms with Gasteiger partial charge in [-0.15, -0.1) is 0 Å². The van der Waals surface area contributed by atoms with Crippen LogP contribution in [0.25, 0.3) is 0 Å². The van der Waals surface area contributed by atoms with Crippen LogP contribution in [-0.4, -0.2) is 29.8 Å². The van der Waals surface area contributed by atoms with Gasteiger partial charge in [0.15, 0.2) is 0 Å². The number of benzene rings is 1. The quantitative estimate of drug-likeness (QED) is 0.750. The van der Waals surface area contributed by atoms with Gasteiger partial charge in [-0.3, -0.25) is 4.79 Å². The Balaban J connectivity index is 2.20. The third-order valence-electron chi connectivity index (χ3n) is 2.68. The second-order valence-electron chi connectivity index (χ2n) is 4.05. The highest BCUT2D eigenvalue weighted by molar-refractivity contribution is 5.71. The standard InChI is InChI=1S/C14H16N2O4/c1-3-19-13(10-7-5-4-6-8-10)14-15-11(20-16-14)9-12(17)18-2/h4-8,13H,3,9H2,1-2H3. The average Bonchev–Trinajstić information content (AvgIpc) is 2.93. The van der Waals surface area contributed by atoms with Gasteiger partial charge in [0, 0.05) is 6.61 Å². The molecule has 0 bridgehead atoms. The minimum atomic E-state index is -0.423. The highest BCUT2D eigenvalue weighted by atomic mass is 16.5. The summed E-state index contributed by atoms with van der Waals surface area (Å²) in [5, 5.41) is 3.88. The maximum atomic E-state index is 11.2. The van der Waals surface area contributed by atoms with E-state index in [4.69, 9.17) is 9.26 Å². The molecule has 1 aromatic carbocycles. The molecule has 1 aromatic heterocycles. The summed E-state index contributed by atoms with van der Waals surface area (Å²) in [5.41, 5.74) is 0.930. The van der Waals surface area contributed by atoms with E-state index in [9.17, 15) is 4.79 Å². The van der Waals surface area contributed by atoms with Crippen molar-refractivity contribution in [2.45, 2.75) is 19.4 Å². The van der Waals surface area contributed by atoms with Crippen LogP contribution in [0.5, 0.6) is 0 Å². The van der Waals surface area contributed by atoms with Gasteiger partial charge >= 0.3 is 5.97 Å². The molecule has 0 aliphatic carbocycles. The molecular weight excluding hydrogens is 260 g/mol. The molecule has 6 nitrogen and oxygen atoms in total. The molecule has 0 aliphatic rings. The largest absolute Gasteiger partial charge is 0.469 e. The van der Waals surface area contributed by atoms with Crippen molar-refractivity contribution in [2.75, 3.05) is 13.7 Å². The van der Waals surface area contributed by atoms with E-state index in [2.05, 4.69) is 14.9 Å². The molecule has 2 aromatic rings. The Labute approximate surface area is 116 Å². The molecule has 0 saturated heterocycles. The molecule has 0 aliphatic heterocycles. The van der Waals surface area contributed by atoms with Gasteiger partial charge in [-0.1, -0.05) is 35.5 Å². The van der Waals surface area contributed by atoms with Gasteiger partial charge in [-0.25, -0.2) is 0 Å². The first-order chi connectivity index (χ1) is 9.74. The summed E-state index contributed by atoms with van der Waals surface area (Å²) in [6, 6.07) is 9.60. The summed E-state index contributed by atoms with van der Waals surface area (Å²) in [6.45, 7) is 2.41. The van der Waals surface area contributed by atoms with Crippen molar-refractivity contribution in [3.8, 4) is 0 Å². The predicted molar refractivity (Wildman–Crippen MR) is 69.9 cm³/mol. The third kappa shape index (κ3) is 3.42. The Morgan fingerprint density at radius 2 is 2.10 bits per heavy atom. The van der Waals surface area contributed by atoms with Crippen LogP contribution in [0.4, 0.5) is 0 Å². The zero-order valence-corrected chi connectivity index (χ0v) is 11.4. The molecule has 0 saturated carbocycles. The molecule has 1 unspecified atom stereocenters. The van der Waals surface area contributed by atoms with Gasteiger partial charge < -0.3 is 14.0 Å². The molecular formula is C14H16N2O4. The first-order valence-electron chi connectivity index (χ1n) is 6.30. The normalized spacial score (nSPS) is 12.1. The number of ether oxygens (including phenoxy) is 2. The number of carbonyl (C=O) groups excluding carboxylic acids is 1. The molecule has 0 amide bonds. The highest BCUT2D eigenvalue weighted by Gasteiger charge is 2.21. The molecule has 0 N–H and O–H groups in total. The van der Waals surface area contributed by atoms with Gasteiger partial charge in [-0.2, -0.15) is 4.98 Å². The van der Waals surface area contributed by atoms with Crippen LogP contribution >= 0.6 is 0 Å².